The summed E-state index contributed by atoms with van der Waals surface area (Å²) in [4.78, 5) is 18.5. The molecular formula is C14H10N4O2. The van der Waals surface area contributed by atoms with E-state index in [-0.39, 0.29) is 5.69 Å². The average molecular weight is 266 g/mol. The number of nitrogens with one attached hydrogen (secondary N) is 1. The molecule has 0 aliphatic carbocycles. The van der Waals surface area contributed by atoms with Gasteiger partial charge in [0, 0.05) is 23.3 Å². The Balaban J connectivity index is 2.13. The first-order valence-electron chi connectivity index (χ1n) is 5.95. The maximum atomic E-state index is 11.0. The van der Waals surface area contributed by atoms with Crippen molar-refractivity contribution in [2.45, 2.75) is 0 Å². The molecule has 1 aromatic heterocycles. The molecule has 3 aromatic rings. The van der Waals surface area contributed by atoms with Crippen molar-refractivity contribution in [2.75, 3.05) is 5.32 Å². The zero-order valence-corrected chi connectivity index (χ0v) is 10.4. The predicted octanol–water partition coefficient (Wildman–Crippen LogP) is 3.28. The number of anilines is 2. The van der Waals surface area contributed by atoms with E-state index >= 15 is 0 Å². The summed E-state index contributed by atoms with van der Waals surface area (Å²) in [5, 5.41) is 14.8. The lowest BCUT2D eigenvalue weighted by atomic mass is 10.1. The topological polar surface area (TPSA) is 81.0 Å². The third kappa shape index (κ3) is 2.14. The van der Waals surface area contributed by atoms with E-state index in [2.05, 4.69) is 15.3 Å². The Labute approximate surface area is 114 Å². The molecule has 6 heteroatoms. The fraction of sp³-hybridized carbons (Fsp3) is 0. The third-order valence-corrected chi connectivity index (χ3v) is 2.90. The Hall–Kier alpha value is -3.02. The first-order valence-corrected chi connectivity index (χ1v) is 5.95. The molecule has 0 aliphatic rings. The minimum absolute atomic E-state index is 0.0268. The van der Waals surface area contributed by atoms with Crippen LogP contribution in [0.15, 0.2) is 55.0 Å². The summed E-state index contributed by atoms with van der Waals surface area (Å²) in [6.45, 7) is 0. The number of hydrogen-bond donors (Lipinski definition) is 1. The number of nitro benzene ring substituents is 1. The molecule has 0 spiro atoms. The smallest absolute Gasteiger partial charge is 0.295 e. The van der Waals surface area contributed by atoms with E-state index in [1.807, 2.05) is 30.3 Å². The van der Waals surface area contributed by atoms with Crippen LogP contribution in [0.25, 0.3) is 10.9 Å². The maximum Gasteiger partial charge on any atom is 0.295 e. The first kappa shape index (κ1) is 12.0. The lowest BCUT2D eigenvalue weighted by molar-refractivity contribution is -0.383. The summed E-state index contributed by atoms with van der Waals surface area (Å²) in [6.07, 6.45) is 2.88. The molecule has 0 amide bonds. The Morgan fingerprint density at radius 2 is 1.90 bits per heavy atom. The molecule has 0 saturated heterocycles. The summed E-state index contributed by atoms with van der Waals surface area (Å²) in [6, 6.07) is 12.7. The van der Waals surface area contributed by atoms with Crippen LogP contribution in [0.1, 0.15) is 0 Å². The van der Waals surface area contributed by atoms with Gasteiger partial charge in [-0.15, -0.1) is 0 Å². The van der Waals surface area contributed by atoms with Gasteiger partial charge < -0.3 is 5.32 Å². The van der Waals surface area contributed by atoms with Crippen molar-refractivity contribution >= 4 is 28.0 Å². The van der Waals surface area contributed by atoms with Crippen LogP contribution in [-0.2, 0) is 0 Å². The van der Waals surface area contributed by atoms with E-state index in [0.717, 1.165) is 11.4 Å². The summed E-state index contributed by atoms with van der Waals surface area (Å²) in [7, 11) is 0. The minimum atomic E-state index is -0.443. The second-order valence-electron chi connectivity index (χ2n) is 4.17. The van der Waals surface area contributed by atoms with Crippen LogP contribution in [0.4, 0.5) is 17.1 Å². The number of rotatable bonds is 3. The monoisotopic (exact) mass is 266 g/mol. The fourth-order valence-corrected chi connectivity index (χ4v) is 2.00. The van der Waals surface area contributed by atoms with Crippen molar-refractivity contribution in [2.24, 2.45) is 0 Å². The number of nitro groups is 1. The van der Waals surface area contributed by atoms with Gasteiger partial charge in [-0.1, -0.05) is 18.2 Å². The number of aromatic nitrogens is 2. The van der Waals surface area contributed by atoms with Gasteiger partial charge in [-0.05, 0) is 18.2 Å². The lowest BCUT2D eigenvalue weighted by Gasteiger charge is -2.09. The van der Waals surface area contributed by atoms with E-state index in [1.165, 1.54) is 12.4 Å². The van der Waals surface area contributed by atoms with E-state index < -0.39 is 4.92 Å². The zero-order valence-electron chi connectivity index (χ0n) is 10.4. The zero-order chi connectivity index (χ0) is 13.9. The molecule has 98 valence electrons. The van der Waals surface area contributed by atoms with Crippen molar-refractivity contribution in [1.29, 1.82) is 0 Å². The molecule has 0 unspecified atom stereocenters. The first-order chi connectivity index (χ1) is 9.75. The van der Waals surface area contributed by atoms with Crippen molar-refractivity contribution in [3.8, 4) is 0 Å². The number of hydrogen-bond acceptors (Lipinski definition) is 5. The van der Waals surface area contributed by atoms with E-state index in [0.29, 0.717) is 10.9 Å². The van der Waals surface area contributed by atoms with Crippen molar-refractivity contribution in [3.05, 3.63) is 65.1 Å². The number of para-hydroxylation sites is 1. The molecule has 0 radical (unpaired) electrons. The summed E-state index contributed by atoms with van der Waals surface area (Å²) < 4.78 is 0. The van der Waals surface area contributed by atoms with Gasteiger partial charge in [0.15, 0.2) is 5.52 Å². The number of non-ortho nitro benzene ring substituents is 1. The lowest BCUT2D eigenvalue weighted by Crippen LogP contribution is -1.96. The van der Waals surface area contributed by atoms with Crippen molar-refractivity contribution in [1.82, 2.24) is 9.97 Å². The summed E-state index contributed by atoms with van der Waals surface area (Å²) in [5.74, 6) is 0. The Bertz CT molecular complexity index is 774. The van der Waals surface area contributed by atoms with Crippen LogP contribution in [0.2, 0.25) is 0 Å². The van der Waals surface area contributed by atoms with Gasteiger partial charge >= 0.3 is 0 Å². The molecule has 1 heterocycles. The molecular weight excluding hydrogens is 256 g/mol. The number of benzene rings is 2. The predicted molar refractivity (Wildman–Crippen MR) is 75.9 cm³/mol. The van der Waals surface area contributed by atoms with Crippen molar-refractivity contribution in [3.63, 3.8) is 0 Å². The van der Waals surface area contributed by atoms with Crippen LogP contribution >= 0.6 is 0 Å². The SMILES string of the molecule is O=[N+]([O-])c1ccc(Nc2ccccc2)c2cncnc12. The number of fused-ring (bicyclic) bond motifs is 1. The second-order valence-corrected chi connectivity index (χ2v) is 4.17. The van der Waals surface area contributed by atoms with Gasteiger partial charge in [-0.25, -0.2) is 9.97 Å². The Kier molecular flexibility index (Phi) is 2.96. The molecule has 0 bridgehead atoms. The third-order valence-electron chi connectivity index (χ3n) is 2.90. The summed E-state index contributed by atoms with van der Waals surface area (Å²) in [5.41, 5.74) is 1.93. The van der Waals surface area contributed by atoms with E-state index in [9.17, 15) is 10.1 Å². The molecule has 0 atom stereocenters. The molecule has 0 saturated carbocycles. The average Bonchev–Trinajstić information content (AvgIpc) is 2.48. The van der Waals surface area contributed by atoms with Crippen LogP contribution in [0.3, 0.4) is 0 Å². The van der Waals surface area contributed by atoms with Gasteiger partial charge in [0.05, 0.1) is 10.6 Å². The van der Waals surface area contributed by atoms with Crippen LogP contribution < -0.4 is 5.32 Å². The highest BCUT2D eigenvalue weighted by atomic mass is 16.6. The standard InChI is InChI=1S/C14H10N4O2/c19-18(20)13-7-6-12(11-8-15-9-16-14(11)13)17-10-4-2-1-3-5-10/h1-9,17H. The van der Waals surface area contributed by atoms with Gasteiger partial charge in [0.2, 0.25) is 0 Å². The number of nitrogens with zero attached hydrogens (tertiary/aromatic N) is 3. The van der Waals surface area contributed by atoms with Gasteiger partial charge in [0.1, 0.15) is 6.33 Å². The second kappa shape index (κ2) is 4.93. The van der Waals surface area contributed by atoms with Crippen LogP contribution in [0.5, 0.6) is 0 Å². The van der Waals surface area contributed by atoms with Gasteiger partial charge in [-0.3, -0.25) is 10.1 Å². The Morgan fingerprint density at radius 3 is 2.65 bits per heavy atom. The normalized spacial score (nSPS) is 10.4. The van der Waals surface area contributed by atoms with Gasteiger partial charge in [0.25, 0.3) is 5.69 Å². The van der Waals surface area contributed by atoms with E-state index in [4.69, 9.17) is 0 Å². The molecule has 6 nitrogen and oxygen atoms in total. The molecule has 0 aliphatic heterocycles. The van der Waals surface area contributed by atoms with Gasteiger partial charge in [-0.2, -0.15) is 0 Å². The summed E-state index contributed by atoms with van der Waals surface area (Å²) >= 11 is 0. The van der Waals surface area contributed by atoms with Crippen LogP contribution in [-0.4, -0.2) is 14.9 Å². The molecule has 2 aromatic carbocycles. The fourth-order valence-electron chi connectivity index (χ4n) is 2.00. The van der Waals surface area contributed by atoms with Crippen LogP contribution in [0, 0.1) is 10.1 Å². The minimum Gasteiger partial charge on any atom is -0.355 e. The molecule has 1 N–H and O–H groups in total. The highest BCUT2D eigenvalue weighted by Crippen LogP contribution is 2.30. The molecule has 20 heavy (non-hydrogen) atoms. The molecule has 0 fully saturated rings. The highest BCUT2D eigenvalue weighted by Gasteiger charge is 2.15. The van der Waals surface area contributed by atoms with E-state index in [1.54, 1.807) is 12.3 Å². The maximum absolute atomic E-state index is 11.0. The molecule has 3 rings (SSSR count). The quantitative estimate of drug-likeness (QED) is 0.581. The largest absolute Gasteiger partial charge is 0.355 e. The Morgan fingerprint density at radius 1 is 1.10 bits per heavy atom. The van der Waals surface area contributed by atoms with Crippen molar-refractivity contribution < 1.29 is 4.92 Å². The highest BCUT2D eigenvalue weighted by molar-refractivity contribution is 5.97.